The molecule has 3 aromatic rings. The predicted octanol–water partition coefficient (Wildman–Crippen LogP) is 4.79. The van der Waals surface area contributed by atoms with Gasteiger partial charge in [0.1, 0.15) is 6.61 Å². The van der Waals surface area contributed by atoms with Gasteiger partial charge in [0, 0.05) is 28.9 Å². The van der Waals surface area contributed by atoms with Gasteiger partial charge in [-0.05, 0) is 22.9 Å². The zero-order valence-corrected chi connectivity index (χ0v) is 19.1. The molecule has 0 radical (unpaired) electrons. The van der Waals surface area contributed by atoms with Crippen molar-refractivity contribution < 1.29 is 23.7 Å². The van der Waals surface area contributed by atoms with Crippen molar-refractivity contribution in [3.05, 3.63) is 58.2 Å². The molecule has 2 aromatic carbocycles. The van der Waals surface area contributed by atoms with Crippen LogP contribution >= 0.6 is 15.9 Å². The molecule has 0 aliphatic rings. The fraction of sp³-hybridized carbons (Fsp3) is 0.227. The number of carbonyl (C=O) groups is 1. The Hall–Kier alpha value is -3.33. The molecular formula is C22H22BrN3O5. The number of halogens is 1. The Labute approximate surface area is 188 Å². The Morgan fingerprint density at radius 3 is 2.35 bits per heavy atom. The highest BCUT2D eigenvalue weighted by molar-refractivity contribution is 9.10. The molecular weight excluding hydrogens is 466 g/mol. The van der Waals surface area contributed by atoms with Gasteiger partial charge >= 0.3 is 0 Å². The lowest BCUT2D eigenvalue weighted by Gasteiger charge is -2.15. The molecule has 31 heavy (non-hydrogen) atoms. The van der Waals surface area contributed by atoms with Gasteiger partial charge in [-0.1, -0.05) is 24.3 Å². The summed E-state index contributed by atoms with van der Waals surface area (Å²) in [4.78, 5) is 20.5. The lowest BCUT2D eigenvalue weighted by atomic mass is 10.1. The van der Waals surface area contributed by atoms with Crippen LogP contribution in [0.2, 0.25) is 0 Å². The number of carbonyl (C=O) groups excluding carboxylic acids is 1. The normalized spacial score (nSPS) is 10.4. The first kappa shape index (κ1) is 22.4. The van der Waals surface area contributed by atoms with E-state index in [4.69, 9.17) is 18.9 Å². The highest BCUT2D eigenvalue weighted by Gasteiger charge is 2.15. The van der Waals surface area contributed by atoms with Gasteiger partial charge in [0.05, 0.1) is 32.0 Å². The van der Waals surface area contributed by atoms with Gasteiger partial charge in [0.2, 0.25) is 17.6 Å². The van der Waals surface area contributed by atoms with E-state index < -0.39 is 0 Å². The maximum atomic E-state index is 11.8. The van der Waals surface area contributed by atoms with Crippen molar-refractivity contribution in [1.82, 2.24) is 9.97 Å². The van der Waals surface area contributed by atoms with Crippen molar-refractivity contribution in [3.63, 3.8) is 0 Å². The molecule has 3 rings (SSSR count). The quantitative estimate of drug-likeness (QED) is 0.430. The van der Waals surface area contributed by atoms with Crippen LogP contribution in [-0.4, -0.2) is 37.1 Å². The first-order valence-electron chi connectivity index (χ1n) is 9.28. The molecule has 0 saturated carbocycles. The molecule has 0 fully saturated rings. The molecule has 0 aliphatic carbocycles. The average molecular weight is 488 g/mol. The number of ketones is 1. The number of nitrogens with one attached hydrogen (secondary N) is 1. The summed E-state index contributed by atoms with van der Waals surface area (Å²) in [6.45, 7) is 1.72. The molecule has 162 valence electrons. The minimum Gasteiger partial charge on any atom is -0.493 e. The Bertz CT molecular complexity index is 1070. The van der Waals surface area contributed by atoms with E-state index in [1.807, 2.05) is 18.2 Å². The summed E-state index contributed by atoms with van der Waals surface area (Å²) in [6, 6.07) is 10.8. The van der Waals surface area contributed by atoms with Crippen LogP contribution in [-0.2, 0) is 6.61 Å². The van der Waals surface area contributed by atoms with Crippen molar-refractivity contribution in [2.75, 3.05) is 26.6 Å². The molecule has 1 heterocycles. The van der Waals surface area contributed by atoms with Gasteiger partial charge in [0.25, 0.3) is 0 Å². The van der Waals surface area contributed by atoms with E-state index in [2.05, 4.69) is 31.2 Å². The van der Waals surface area contributed by atoms with E-state index in [1.165, 1.54) is 6.92 Å². The first-order valence-corrected chi connectivity index (χ1v) is 10.1. The third-order valence-corrected chi connectivity index (χ3v) is 4.94. The number of hydrogen-bond donors (Lipinski definition) is 1. The van der Waals surface area contributed by atoms with Crippen molar-refractivity contribution in [2.24, 2.45) is 0 Å². The van der Waals surface area contributed by atoms with Crippen molar-refractivity contribution in [3.8, 4) is 23.1 Å². The van der Waals surface area contributed by atoms with E-state index in [9.17, 15) is 4.79 Å². The van der Waals surface area contributed by atoms with Crippen LogP contribution in [0.5, 0.6) is 23.1 Å². The molecule has 1 aromatic heterocycles. The number of hydrogen-bond acceptors (Lipinski definition) is 8. The Kier molecular flexibility index (Phi) is 7.30. The highest BCUT2D eigenvalue weighted by atomic mass is 79.9. The van der Waals surface area contributed by atoms with Crippen molar-refractivity contribution >= 4 is 33.3 Å². The fourth-order valence-electron chi connectivity index (χ4n) is 2.93. The second-order valence-corrected chi connectivity index (χ2v) is 7.24. The monoisotopic (exact) mass is 487 g/mol. The minimum atomic E-state index is -0.0225. The predicted molar refractivity (Wildman–Crippen MR) is 120 cm³/mol. The van der Waals surface area contributed by atoms with Crippen LogP contribution in [0.4, 0.5) is 11.6 Å². The van der Waals surface area contributed by atoms with Gasteiger partial charge in [-0.15, -0.1) is 0 Å². The summed E-state index contributed by atoms with van der Waals surface area (Å²) < 4.78 is 22.5. The van der Waals surface area contributed by atoms with Gasteiger partial charge in [0.15, 0.2) is 17.3 Å². The Morgan fingerprint density at radius 1 is 1.06 bits per heavy atom. The summed E-state index contributed by atoms with van der Waals surface area (Å²) in [7, 11) is 4.63. The second kappa shape index (κ2) is 10.1. The molecule has 8 nitrogen and oxygen atoms in total. The topological polar surface area (TPSA) is 91.8 Å². The number of rotatable bonds is 9. The lowest BCUT2D eigenvalue weighted by Crippen LogP contribution is -2.06. The van der Waals surface area contributed by atoms with Gasteiger partial charge in [-0.2, -0.15) is 4.98 Å². The molecule has 0 spiro atoms. The van der Waals surface area contributed by atoms with E-state index in [0.29, 0.717) is 44.8 Å². The van der Waals surface area contributed by atoms with E-state index >= 15 is 0 Å². The zero-order chi connectivity index (χ0) is 22.4. The molecule has 1 N–H and O–H groups in total. The van der Waals surface area contributed by atoms with Crippen LogP contribution < -0.4 is 24.3 Å². The Balaban J connectivity index is 1.83. The van der Waals surface area contributed by atoms with Crippen LogP contribution in [0.1, 0.15) is 22.8 Å². The van der Waals surface area contributed by atoms with Crippen LogP contribution in [0.3, 0.4) is 0 Å². The molecule has 0 atom stereocenters. The third-order valence-electron chi connectivity index (χ3n) is 4.39. The second-order valence-electron chi connectivity index (χ2n) is 6.39. The van der Waals surface area contributed by atoms with Crippen LogP contribution in [0.15, 0.2) is 47.1 Å². The highest BCUT2D eigenvalue weighted by Crippen LogP contribution is 2.40. The number of anilines is 2. The summed E-state index contributed by atoms with van der Waals surface area (Å²) in [6.07, 6.45) is 1.58. The molecule has 0 amide bonds. The standard InChI is InChI=1S/C22H22BrN3O5/c1-13(27)16-8-6-5-7-14(16)12-31-21-17(23)11-24-22(26-21)25-15-9-18(28-2)20(30-4)19(10-15)29-3/h5-11H,12H2,1-4H3,(H,24,25,26). The molecule has 0 aliphatic heterocycles. The van der Waals surface area contributed by atoms with E-state index in [0.717, 1.165) is 5.56 Å². The van der Waals surface area contributed by atoms with Gasteiger partial charge < -0.3 is 24.3 Å². The summed E-state index contributed by atoms with van der Waals surface area (Å²) in [5.74, 6) is 2.11. The first-order chi connectivity index (χ1) is 15.0. The van der Waals surface area contributed by atoms with E-state index in [1.54, 1.807) is 45.7 Å². The lowest BCUT2D eigenvalue weighted by molar-refractivity contribution is 0.101. The Morgan fingerprint density at radius 2 is 1.74 bits per heavy atom. The smallest absolute Gasteiger partial charge is 0.233 e. The maximum absolute atomic E-state index is 11.8. The third kappa shape index (κ3) is 5.24. The van der Waals surface area contributed by atoms with Crippen LogP contribution in [0, 0.1) is 0 Å². The van der Waals surface area contributed by atoms with E-state index in [-0.39, 0.29) is 12.4 Å². The number of aromatic nitrogens is 2. The summed E-state index contributed by atoms with van der Waals surface area (Å²) in [5, 5.41) is 3.11. The molecule has 0 saturated heterocycles. The molecule has 0 unspecified atom stereocenters. The molecule has 0 bridgehead atoms. The minimum absolute atomic E-state index is 0.0225. The largest absolute Gasteiger partial charge is 0.493 e. The molecule has 9 heteroatoms. The summed E-state index contributed by atoms with van der Waals surface area (Å²) in [5.41, 5.74) is 2.03. The van der Waals surface area contributed by atoms with Crippen molar-refractivity contribution in [1.29, 1.82) is 0 Å². The number of ether oxygens (including phenoxy) is 4. The number of methoxy groups -OCH3 is 3. The van der Waals surface area contributed by atoms with Gasteiger partial charge in [-0.25, -0.2) is 4.98 Å². The zero-order valence-electron chi connectivity index (χ0n) is 17.6. The van der Waals surface area contributed by atoms with Gasteiger partial charge in [-0.3, -0.25) is 4.79 Å². The van der Waals surface area contributed by atoms with Crippen molar-refractivity contribution in [2.45, 2.75) is 13.5 Å². The fourth-order valence-corrected chi connectivity index (χ4v) is 3.24. The number of benzene rings is 2. The average Bonchev–Trinajstić information content (AvgIpc) is 2.78. The number of Topliss-reactive ketones (excluding diaryl/α,β-unsaturated/α-hetero) is 1. The SMILES string of the molecule is COc1cc(Nc2ncc(Br)c(OCc3ccccc3C(C)=O)n2)cc(OC)c1OC. The van der Waals surface area contributed by atoms with Crippen LogP contribution in [0.25, 0.3) is 0 Å². The number of nitrogens with zero attached hydrogens (tertiary/aromatic N) is 2. The maximum Gasteiger partial charge on any atom is 0.233 e. The summed E-state index contributed by atoms with van der Waals surface area (Å²) >= 11 is 3.40.